The van der Waals surface area contributed by atoms with Crippen molar-refractivity contribution in [1.82, 2.24) is 15.4 Å². The summed E-state index contributed by atoms with van der Waals surface area (Å²) in [5, 5.41) is 10.6. The first kappa shape index (κ1) is 44.1. The van der Waals surface area contributed by atoms with E-state index in [1.165, 1.54) is 62.6 Å². The number of hydrogen-bond acceptors (Lipinski definition) is 5. The van der Waals surface area contributed by atoms with Gasteiger partial charge in [-0.3, -0.25) is 0 Å². The summed E-state index contributed by atoms with van der Waals surface area (Å²) >= 11 is 0. The Morgan fingerprint density at radius 1 is 1.08 bits per heavy atom. The molecule has 0 amide bonds. The van der Waals surface area contributed by atoms with Crippen LogP contribution in [0.5, 0.6) is 5.75 Å². The van der Waals surface area contributed by atoms with E-state index in [-0.39, 0.29) is 33.1 Å². The maximum Gasteiger partial charge on any atom is 0.128 e. The van der Waals surface area contributed by atoms with Crippen LogP contribution in [0.2, 0.25) is 0 Å². The molecule has 3 aromatic carbocycles. The number of rotatable bonds is 15. The van der Waals surface area contributed by atoms with E-state index >= 15 is 0 Å². The third-order valence-electron chi connectivity index (χ3n) is 8.48. The smallest absolute Gasteiger partial charge is 0.128 e. The molecule has 0 fully saturated rings. The summed E-state index contributed by atoms with van der Waals surface area (Å²) in [5.41, 5.74) is 21.2. The Bertz CT molecular complexity index is 1570. The monoisotopic (exact) mass is 839 g/mol. The zero-order valence-electron chi connectivity index (χ0n) is 31.7. The number of hydrogen-bond donors (Lipinski definition) is 4. The molecule has 1 atom stereocenters. The molecule has 5 N–H and O–H groups in total. The summed E-state index contributed by atoms with van der Waals surface area (Å²) in [5.74, 6) is 1.48. The van der Waals surface area contributed by atoms with Gasteiger partial charge in [-0.05, 0) is 104 Å². The summed E-state index contributed by atoms with van der Waals surface area (Å²) in [7, 11) is 7.27. The van der Waals surface area contributed by atoms with Crippen LogP contribution >= 0.6 is 0 Å². The van der Waals surface area contributed by atoms with Gasteiger partial charge in [0.25, 0.3) is 0 Å². The molecule has 0 aliphatic carbocycles. The van der Waals surface area contributed by atoms with Crippen LogP contribution in [0.3, 0.4) is 0 Å². The number of aliphatic hydroxyl groups excluding tert-OH is 1. The molecular weight excluding hydrogens is 776 g/mol. The molecule has 4 aromatic rings. The number of aryl methyl sites for hydroxylation is 3. The number of ether oxygens (including phenoxy) is 1. The zero-order valence-corrected chi connectivity index (χ0v) is 34.6. The van der Waals surface area contributed by atoms with E-state index in [0.717, 1.165) is 50.7 Å². The normalized spacial score (nSPS) is 11.4. The number of aliphatic hydroxyl groups is 1. The van der Waals surface area contributed by atoms with Crippen LogP contribution in [0, 0.1) is 25.2 Å². The number of unbranched alkanes of at least 4 members (excludes halogenated alkanes) is 1. The van der Waals surface area contributed by atoms with E-state index in [0.29, 0.717) is 5.92 Å². The van der Waals surface area contributed by atoms with E-state index in [9.17, 15) is 5.11 Å². The van der Waals surface area contributed by atoms with Crippen LogP contribution in [-0.2, 0) is 47.4 Å². The zero-order chi connectivity index (χ0) is 35.9. The van der Waals surface area contributed by atoms with Crippen LogP contribution in [0.25, 0.3) is 33.3 Å². The minimum Gasteiger partial charge on any atom is -0.496 e. The van der Waals surface area contributed by atoms with Crippen LogP contribution < -0.4 is 21.3 Å². The predicted molar refractivity (Wildman–Crippen MR) is 208 cm³/mol. The first-order valence-electron chi connectivity index (χ1n) is 17.4. The average Bonchev–Trinajstić information content (AvgIpc) is 3.32. The van der Waals surface area contributed by atoms with Crippen molar-refractivity contribution in [3.05, 3.63) is 96.6 Å². The predicted octanol–water partition coefficient (Wildman–Crippen LogP) is 8.95. The summed E-state index contributed by atoms with van der Waals surface area (Å²) in [4.78, 5) is 0. The molecule has 1 heterocycles. The van der Waals surface area contributed by atoms with Gasteiger partial charge in [-0.1, -0.05) is 82.7 Å². The van der Waals surface area contributed by atoms with Gasteiger partial charge >= 0.3 is 0 Å². The Labute approximate surface area is 312 Å². The standard InChI is InChI=1S/C38H50NO2.C3H8N2.CH5N.W/c1-9-10-14-29-15-11-16-35(41-8)36(29)37-33(25-38(4,5)6)32-24-30(17-18-34(32)39(37)7)31-22-27(3)21-28(23-31)20-26(2)13-12-19-40;1-3-5-4-2;1-2;/h11,15-18,21-24,26,40H,4,9-10,12-14,19-20,25H2,1-3,5-8H3;3-5H,1H2,2H3;2H2,1H3;/q-1;;;. The molecule has 4 rings (SSSR count). The summed E-state index contributed by atoms with van der Waals surface area (Å²) in [6.07, 6.45) is 8.73. The molecule has 1 aromatic heterocycles. The topological polar surface area (TPSA) is 84.5 Å². The second-order valence-electron chi connectivity index (χ2n) is 13.5. The van der Waals surface area contributed by atoms with Gasteiger partial charge in [0.2, 0.25) is 0 Å². The Balaban J connectivity index is 0.00000137. The third-order valence-corrected chi connectivity index (χ3v) is 8.48. The Kier molecular flexibility index (Phi) is 19.8. The minimum atomic E-state index is -0.119. The molecule has 7 heteroatoms. The van der Waals surface area contributed by atoms with Crippen LogP contribution in [0.15, 0.2) is 67.4 Å². The van der Waals surface area contributed by atoms with E-state index in [2.05, 4.69) is 131 Å². The molecule has 6 nitrogen and oxygen atoms in total. The van der Waals surface area contributed by atoms with Gasteiger partial charge in [0.1, 0.15) is 5.75 Å². The van der Waals surface area contributed by atoms with Gasteiger partial charge in [-0.25, -0.2) is 5.43 Å². The summed E-state index contributed by atoms with van der Waals surface area (Å²) in [6, 6.07) is 20.4. The van der Waals surface area contributed by atoms with Gasteiger partial charge in [0.05, 0.1) is 12.8 Å². The Morgan fingerprint density at radius 3 is 2.37 bits per heavy atom. The second kappa shape index (κ2) is 22.0. The molecule has 0 bridgehead atoms. The third kappa shape index (κ3) is 12.7. The van der Waals surface area contributed by atoms with E-state index in [4.69, 9.17) is 4.74 Å². The fraction of sp³-hybridized carbons (Fsp3) is 0.452. The van der Waals surface area contributed by atoms with Crippen LogP contribution in [0.1, 0.15) is 75.6 Å². The van der Waals surface area contributed by atoms with E-state index in [1.807, 2.05) is 0 Å². The maximum atomic E-state index is 9.26. The summed E-state index contributed by atoms with van der Waals surface area (Å²) in [6.45, 7) is 19.4. The van der Waals surface area contributed by atoms with Gasteiger partial charge in [-0.15, -0.1) is 0 Å². The number of methoxy groups -OCH3 is 1. The van der Waals surface area contributed by atoms with Crippen molar-refractivity contribution < 1.29 is 30.9 Å². The van der Waals surface area contributed by atoms with E-state index < -0.39 is 0 Å². The molecule has 1 unspecified atom stereocenters. The first-order chi connectivity index (χ1) is 23.0. The summed E-state index contributed by atoms with van der Waals surface area (Å²) < 4.78 is 8.36. The molecule has 270 valence electrons. The SMILES string of the molecule is C=CNNC.CN.[CH2-]C(C)(C)Cc1c(-c2c(CCCC)cccc2OC)n(C)c2ccc(-c3cc(C)cc(CC(C)CCCO)c3)cc12.[W]. The Hall–Kier alpha value is -2.89. The van der Waals surface area contributed by atoms with E-state index in [1.54, 1.807) is 20.4 Å². The van der Waals surface area contributed by atoms with Crippen molar-refractivity contribution in [3.8, 4) is 28.1 Å². The van der Waals surface area contributed by atoms with Crippen molar-refractivity contribution in [3.63, 3.8) is 0 Å². The van der Waals surface area contributed by atoms with Crippen molar-refractivity contribution in [1.29, 1.82) is 0 Å². The number of nitrogens with zero attached hydrogens (tertiary/aromatic N) is 1. The molecule has 0 spiro atoms. The molecule has 0 radical (unpaired) electrons. The fourth-order valence-corrected chi connectivity index (χ4v) is 6.46. The first-order valence-corrected chi connectivity index (χ1v) is 17.4. The number of nitrogens with two attached hydrogens (primary N) is 1. The number of fused-ring (bicyclic) bond motifs is 1. The second-order valence-corrected chi connectivity index (χ2v) is 13.5. The largest absolute Gasteiger partial charge is 0.496 e. The molecule has 0 saturated carbocycles. The number of aromatic nitrogens is 1. The number of nitrogens with one attached hydrogen (secondary N) is 2. The van der Waals surface area contributed by atoms with Crippen LogP contribution in [0.4, 0.5) is 0 Å². The minimum absolute atomic E-state index is 0. The maximum absolute atomic E-state index is 9.26. The van der Waals surface area contributed by atoms with Crippen molar-refractivity contribution in [2.24, 2.45) is 24.1 Å². The van der Waals surface area contributed by atoms with Gasteiger partial charge < -0.3 is 32.5 Å². The number of hydrazine groups is 1. The average molecular weight is 840 g/mol. The van der Waals surface area contributed by atoms with Crippen LogP contribution in [-0.4, -0.2) is 37.5 Å². The van der Waals surface area contributed by atoms with Crippen molar-refractivity contribution >= 4 is 10.9 Å². The quantitative estimate of drug-likeness (QED) is 0.0711. The Morgan fingerprint density at radius 2 is 1.80 bits per heavy atom. The molecular formula is C42H63N4O2W-. The molecule has 0 saturated heterocycles. The number of benzene rings is 3. The van der Waals surface area contributed by atoms with Gasteiger partial charge in [-0.2, -0.15) is 5.41 Å². The fourth-order valence-electron chi connectivity index (χ4n) is 6.46. The molecule has 49 heavy (non-hydrogen) atoms. The van der Waals surface area contributed by atoms with Gasteiger partial charge in [0.15, 0.2) is 0 Å². The molecule has 0 aliphatic rings. The van der Waals surface area contributed by atoms with Crippen molar-refractivity contribution in [2.45, 2.75) is 79.6 Å². The van der Waals surface area contributed by atoms with Crippen molar-refractivity contribution in [2.75, 3.05) is 27.8 Å². The van der Waals surface area contributed by atoms with Gasteiger partial charge in [0, 0.05) is 64.4 Å². The molecule has 0 aliphatic heterocycles.